The Balaban J connectivity index is 2.00. The van der Waals surface area contributed by atoms with Crippen LogP contribution >= 0.6 is 0 Å². The average molecular weight is 384 g/mol. The summed E-state index contributed by atoms with van der Waals surface area (Å²) in [6.07, 6.45) is 0.617. The van der Waals surface area contributed by atoms with Crippen LogP contribution in [0.3, 0.4) is 0 Å². The monoisotopic (exact) mass is 384 g/mol. The fourth-order valence-corrected chi connectivity index (χ4v) is 3.55. The van der Waals surface area contributed by atoms with Gasteiger partial charge in [-0.2, -0.15) is 0 Å². The van der Waals surface area contributed by atoms with Gasteiger partial charge in [0.2, 0.25) is 5.79 Å². The molecule has 0 bridgehead atoms. The number of rotatable bonds is 6. The van der Waals surface area contributed by atoms with E-state index in [1.807, 2.05) is 36.4 Å². The Morgan fingerprint density at radius 1 is 1.07 bits per heavy atom. The molecule has 1 aliphatic rings. The summed E-state index contributed by atoms with van der Waals surface area (Å²) < 4.78 is 17.8. The van der Waals surface area contributed by atoms with Crippen LogP contribution in [0.4, 0.5) is 0 Å². The second-order valence-corrected chi connectivity index (χ2v) is 8.07. The van der Waals surface area contributed by atoms with Crippen molar-refractivity contribution in [1.82, 2.24) is 0 Å². The molecule has 1 N–H and O–H groups in total. The lowest BCUT2D eigenvalue weighted by Crippen LogP contribution is -2.29. The summed E-state index contributed by atoms with van der Waals surface area (Å²) in [4.78, 5) is 10.8. The molecule has 2 aromatic rings. The standard InChI is InChI=1S/C23H28O5/c1-22(2,3)19-15-18(10-11-20(19)26-4)23(27-13-14-28-23)17-8-5-16(6-9-17)7-12-21(24)25/h5-6,8-11,15H,7,12-14H2,1-4H3,(H,24,25). The molecule has 0 unspecified atom stereocenters. The van der Waals surface area contributed by atoms with Crippen molar-refractivity contribution in [1.29, 1.82) is 0 Å². The number of methoxy groups -OCH3 is 1. The van der Waals surface area contributed by atoms with Gasteiger partial charge in [0.15, 0.2) is 0 Å². The van der Waals surface area contributed by atoms with Gasteiger partial charge in [-0.1, -0.05) is 45.0 Å². The molecule has 0 aliphatic carbocycles. The molecule has 0 spiro atoms. The molecule has 0 saturated carbocycles. The summed E-state index contributed by atoms with van der Waals surface area (Å²) in [7, 11) is 1.68. The third kappa shape index (κ3) is 4.05. The Hall–Kier alpha value is -2.37. The minimum absolute atomic E-state index is 0.0954. The third-order valence-corrected chi connectivity index (χ3v) is 5.04. The van der Waals surface area contributed by atoms with E-state index in [0.717, 1.165) is 28.0 Å². The number of carboxylic acids is 1. The largest absolute Gasteiger partial charge is 0.496 e. The highest BCUT2D eigenvalue weighted by molar-refractivity contribution is 5.67. The molecule has 5 heteroatoms. The first-order chi connectivity index (χ1) is 13.3. The van der Waals surface area contributed by atoms with E-state index < -0.39 is 11.8 Å². The van der Waals surface area contributed by atoms with E-state index >= 15 is 0 Å². The lowest BCUT2D eigenvalue weighted by atomic mass is 9.83. The Morgan fingerprint density at radius 2 is 1.68 bits per heavy atom. The van der Waals surface area contributed by atoms with E-state index in [2.05, 4.69) is 26.8 Å². The van der Waals surface area contributed by atoms with Gasteiger partial charge in [0.25, 0.3) is 0 Å². The Morgan fingerprint density at radius 3 is 2.21 bits per heavy atom. The normalized spacial score (nSPS) is 16.1. The number of benzene rings is 2. The number of aryl methyl sites for hydroxylation is 1. The molecule has 150 valence electrons. The molecular formula is C23H28O5. The van der Waals surface area contributed by atoms with Gasteiger partial charge in [-0.15, -0.1) is 0 Å². The van der Waals surface area contributed by atoms with Crippen molar-refractivity contribution in [3.05, 3.63) is 64.7 Å². The lowest BCUT2D eigenvalue weighted by molar-refractivity contribution is -0.137. The molecule has 5 nitrogen and oxygen atoms in total. The first kappa shape index (κ1) is 20.4. The zero-order valence-electron chi connectivity index (χ0n) is 17.0. The minimum Gasteiger partial charge on any atom is -0.496 e. The third-order valence-electron chi connectivity index (χ3n) is 5.04. The van der Waals surface area contributed by atoms with Crippen LogP contribution in [-0.4, -0.2) is 31.4 Å². The van der Waals surface area contributed by atoms with Crippen molar-refractivity contribution in [2.24, 2.45) is 0 Å². The van der Waals surface area contributed by atoms with Gasteiger partial charge in [-0.3, -0.25) is 4.79 Å². The van der Waals surface area contributed by atoms with Gasteiger partial charge in [0.1, 0.15) is 5.75 Å². The summed E-state index contributed by atoms with van der Waals surface area (Å²) in [5.41, 5.74) is 3.79. The second-order valence-electron chi connectivity index (χ2n) is 8.07. The van der Waals surface area contributed by atoms with E-state index in [9.17, 15) is 4.79 Å². The Labute approximate surface area is 166 Å². The Bertz CT molecular complexity index is 827. The molecule has 0 aromatic heterocycles. The zero-order chi connectivity index (χ0) is 20.4. The zero-order valence-corrected chi connectivity index (χ0v) is 17.0. The molecule has 3 rings (SSSR count). The first-order valence-corrected chi connectivity index (χ1v) is 9.54. The summed E-state index contributed by atoms with van der Waals surface area (Å²) in [5.74, 6) is -0.915. The summed E-state index contributed by atoms with van der Waals surface area (Å²) in [5, 5.41) is 8.88. The van der Waals surface area contributed by atoms with Crippen molar-refractivity contribution in [2.75, 3.05) is 20.3 Å². The maximum atomic E-state index is 10.8. The van der Waals surface area contributed by atoms with Crippen molar-refractivity contribution in [3.63, 3.8) is 0 Å². The van der Waals surface area contributed by atoms with Crippen molar-refractivity contribution in [2.45, 2.75) is 44.8 Å². The van der Waals surface area contributed by atoms with Crippen LogP contribution in [0.5, 0.6) is 5.75 Å². The van der Waals surface area contributed by atoms with E-state index in [4.69, 9.17) is 19.3 Å². The maximum absolute atomic E-state index is 10.8. The lowest BCUT2D eigenvalue weighted by Gasteiger charge is -2.31. The molecule has 1 aliphatic heterocycles. The molecule has 1 saturated heterocycles. The number of ether oxygens (including phenoxy) is 3. The van der Waals surface area contributed by atoms with Crippen LogP contribution in [0, 0.1) is 0 Å². The van der Waals surface area contributed by atoms with Crippen LogP contribution < -0.4 is 4.74 Å². The number of hydrogen-bond donors (Lipinski definition) is 1. The van der Waals surface area contributed by atoms with Crippen LogP contribution in [0.15, 0.2) is 42.5 Å². The maximum Gasteiger partial charge on any atom is 0.303 e. The van der Waals surface area contributed by atoms with E-state index in [1.165, 1.54) is 0 Å². The summed E-state index contributed by atoms with van der Waals surface area (Å²) >= 11 is 0. The molecule has 0 radical (unpaired) electrons. The summed E-state index contributed by atoms with van der Waals surface area (Å²) in [6.45, 7) is 7.47. The van der Waals surface area contributed by atoms with E-state index in [-0.39, 0.29) is 11.8 Å². The minimum atomic E-state index is -0.961. The van der Waals surface area contributed by atoms with E-state index in [0.29, 0.717) is 19.6 Å². The second kappa shape index (κ2) is 7.94. The predicted octanol–water partition coefficient (Wildman–Crippen LogP) is 4.26. The fraction of sp³-hybridized carbons (Fsp3) is 0.435. The molecule has 1 heterocycles. The molecule has 1 fully saturated rings. The van der Waals surface area contributed by atoms with Gasteiger partial charge in [0, 0.05) is 17.5 Å². The smallest absolute Gasteiger partial charge is 0.303 e. The van der Waals surface area contributed by atoms with Crippen molar-refractivity contribution < 1.29 is 24.1 Å². The predicted molar refractivity (Wildman–Crippen MR) is 107 cm³/mol. The topological polar surface area (TPSA) is 65.0 Å². The SMILES string of the molecule is COc1ccc(C2(c3ccc(CCC(=O)O)cc3)OCCO2)cc1C(C)(C)C. The average Bonchev–Trinajstić information content (AvgIpc) is 3.16. The van der Waals surface area contributed by atoms with Crippen molar-refractivity contribution in [3.8, 4) is 5.75 Å². The highest BCUT2D eigenvalue weighted by atomic mass is 16.7. The van der Waals surface area contributed by atoms with Gasteiger partial charge in [-0.05, 0) is 41.2 Å². The molecule has 0 amide bonds. The molecular weight excluding hydrogens is 356 g/mol. The molecule has 2 aromatic carbocycles. The van der Waals surface area contributed by atoms with Gasteiger partial charge in [0.05, 0.1) is 20.3 Å². The van der Waals surface area contributed by atoms with Crippen LogP contribution in [0.2, 0.25) is 0 Å². The van der Waals surface area contributed by atoms with Crippen LogP contribution in [0.1, 0.15) is 49.4 Å². The van der Waals surface area contributed by atoms with Gasteiger partial charge < -0.3 is 19.3 Å². The highest BCUT2D eigenvalue weighted by Crippen LogP contribution is 2.42. The first-order valence-electron chi connectivity index (χ1n) is 9.54. The van der Waals surface area contributed by atoms with Crippen LogP contribution in [0.25, 0.3) is 0 Å². The molecule has 0 atom stereocenters. The van der Waals surface area contributed by atoms with Crippen LogP contribution in [-0.2, 0) is 31.9 Å². The highest BCUT2D eigenvalue weighted by Gasteiger charge is 2.41. The van der Waals surface area contributed by atoms with E-state index in [1.54, 1.807) is 7.11 Å². The quantitative estimate of drug-likeness (QED) is 0.806. The molecule has 28 heavy (non-hydrogen) atoms. The number of hydrogen-bond acceptors (Lipinski definition) is 4. The number of aliphatic carboxylic acids is 1. The van der Waals surface area contributed by atoms with Crippen molar-refractivity contribution >= 4 is 5.97 Å². The number of carboxylic acid groups (broad SMARTS) is 1. The number of carbonyl (C=O) groups is 1. The fourth-order valence-electron chi connectivity index (χ4n) is 3.55. The Kier molecular flexibility index (Phi) is 5.77. The van der Waals surface area contributed by atoms with Gasteiger partial charge in [-0.25, -0.2) is 0 Å². The summed E-state index contributed by atoms with van der Waals surface area (Å²) in [6, 6.07) is 13.9. The van der Waals surface area contributed by atoms with Gasteiger partial charge >= 0.3 is 5.97 Å².